The highest BCUT2D eigenvalue weighted by molar-refractivity contribution is 5.76. The van der Waals surface area contributed by atoms with Gasteiger partial charge in [-0.2, -0.15) is 0 Å². The molecule has 1 aromatic carbocycles. The molecule has 0 radical (unpaired) electrons. The second kappa shape index (κ2) is 6.15. The van der Waals surface area contributed by atoms with Crippen LogP contribution in [0.3, 0.4) is 0 Å². The van der Waals surface area contributed by atoms with Crippen LogP contribution in [0.5, 0.6) is 5.75 Å². The van der Waals surface area contributed by atoms with Gasteiger partial charge in [0.05, 0.1) is 7.11 Å². The smallest absolute Gasteiger partial charge is 0.220 e. The van der Waals surface area contributed by atoms with Gasteiger partial charge in [-0.05, 0) is 60.9 Å². The molecule has 2 atom stereocenters. The van der Waals surface area contributed by atoms with E-state index in [1.807, 2.05) is 6.92 Å². The lowest BCUT2D eigenvalue weighted by Gasteiger charge is -2.18. The van der Waals surface area contributed by atoms with Crippen LogP contribution in [0, 0.1) is 5.92 Å². The molecule has 22 heavy (non-hydrogen) atoms. The van der Waals surface area contributed by atoms with E-state index in [2.05, 4.69) is 18.2 Å². The third kappa shape index (κ3) is 2.53. The van der Waals surface area contributed by atoms with Gasteiger partial charge in [-0.1, -0.05) is 24.6 Å². The molecule has 0 saturated heterocycles. The summed E-state index contributed by atoms with van der Waals surface area (Å²) in [5.41, 5.74) is 8.44. The monoisotopic (exact) mass is 299 g/mol. The zero-order valence-electron chi connectivity index (χ0n) is 13.5. The molecule has 0 aliphatic heterocycles. The van der Waals surface area contributed by atoms with E-state index in [0.29, 0.717) is 5.92 Å². The third-order valence-corrected chi connectivity index (χ3v) is 5.28. The normalized spacial score (nSPS) is 20.3. The molecule has 2 aliphatic carbocycles. The second-order valence-electron chi connectivity index (χ2n) is 6.48. The van der Waals surface area contributed by atoms with Crippen molar-refractivity contribution in [1.82, 2.24) is 0 Å². The highest BCUT2D eigenvalue weighted by Crippen LogP contribution is 2.39. The summed E-state index contributed by atoms with van der Waals surface area (Å²) in [6.07, 6.45) is 8.47. The SMILES string of the molecule is CCC(CCC1CC2=c3c1c(OC)ccc3=CCC2)C(N)=O. The van der Waals surface area contributed by atoms with Gasteiger partial charge in [0.1, 0.15) is 5.75 Å². The van der Waals surface area contributed by atoms with Crippen molar-refractivity contribution < 1.29 is 9.53 Å². The molecule has 3 nitrogen and oxygen atoms in total. The Morgan fingerprint density at radius 2 is 2.27 bits per heavy atom. The number of amides is 1. The lowest BCUT2D eigenvalue weighted by molar-refractivity contribution is -0.122. The summed E-state index contributed by atoms with van der Waals surface area (Å²) in [6, 6.07) is 4.27. The van der Waals surface area contributed by atoms with E-state index in [9.17, 15) is 4.79 Å². The number of benzene rings is 1. The Morgan fingerprint density at radius 1 is 1.45 bits per heavy atom. The number of primary amides is 1. The molecule has 118 valence electrons. The van der Waals surface area contributed by atoms with Crippen LogP contribution in [-0.2, 0) is 4.79 Å². The molecule has 0 aromatic heterocycles. The van der Waals surface area contributed by atoms with Crippen LogP contribution in [0.1, 0.15) is 56.9 Å². The minimum Gasteiger partial charge on any atom is -0.496 e. The van der Waals surface area contributed by atoms with Crippen LogP contribution in [0.15, 0.2) is 12.1 Å². The van der Waals surface area contributed by atoms with Gasteiger partial charge in [0.2, 0.25) is 5.91 Å². The zero-order valence-corrected chi connectivity index (χ0v) is 13.5. The number of carbonyl (C=O) groups is 1. The Labute approximate surface area is 131 Å². The summed E-state index contributed by atoms with van der Waals surface area (Å²) >= 11 is 0. The minimum absolute atomic E-state index is 0.00151. The van der Waals surface area contributed by atoms with E-state index in [4.69, 9.17) is 10.5 Å². The molecule has 3 rings (SSSR count). The standard InChI is InChI=1S/C19H25NO2/c1-3-12(19(20)21)7-8-15-11-14-6-4-5-13-9-10-16(22-2)18(15)17(13)14/h5,9-10,12,15H,3-4,6-8,11H2,1-2H3,(H2,20,21). The molecule has 2 aliphatic rings. The zero-order chi connectivity index (χ0) is 15.7. The maximum atomic E-state index is 11.5. The molecule has 1 aromatic rings. The largest absolute Gasteiger partial charge is 0.496 e. The van der Waals surface area contributed by atoms with Crippen molar-refractivity contribution in [1.29, 1.82) is 0 Å². The van der Waals surface area contributed by atoms with E-state index >= 15 is 0 Å². The van der Waals surface area contributed by atoms with Crippen LogP contribution in [0.4, 0.5) is 0 Å². The summed E-state index contributed by atoms with van der Waals surface area (Å²) in [4.78, 5) is 11.5. The molecule has 3 heteroatoms. The number of carbonyl (C=O) groups excluding carboxylic acids is 1. The highest BCUT2D eigenvalue weighted by Gasteiger charge is 2.28. The molecule has 2 N–H and O–H groups in total. The third-order valence-electron chi connectivity index (χ3n) is 5.28. The molecular weight excluding hydrogens is 274 g/mol. The molecule has 1 amide bonds. The number of methoxy groups -OCH3 is 1. The Balaban J connectivity index is 1.91. The predicted molar refractivity (Wildman–Crippen MR) is 88.9 cm³/mol. The average Bonchev–Trinajstić information content (AvgIpc) is 2.89. The Hall–Kier alpha value is -1.77. The van der Waals surface area contributed by atoms with Crippen LogP contribution in [0.25, 0.3) is 11.6 Å². The van der Waals surface area contributed by atoms with Crippen molar-refractivity contribution in [3.8, 4) is 5.75 Å². The fourth-order valence-electron chi connectivity index (χ4n) is 4.09. The van der Waals surface area contributed by atoms with Gasteiger partial charge < -0.3 is 10.5 Å². The van der Waals surface area contributed by atoms with Gasteiger partial charge in [-0.25, -0.2) is 0 Å². The summed E-state index contributed by atoms with van der Waals surface area (Å²) in [5, 5.41) is 2.80. The average molecular weight is 299 g/mol. The summed E-state index contributed by atoms with van der Waals surface area (Å²) in [5.74, 6) is 1.31. The Bertz CT molecular complexity index is 705. The molecule has 0 bridgehead atoms. The van der Waals surface area contributed by atoms with Gasteiger partial charge >= 0.3 is 0 Å². The van der Waals surface area contributed by atoms with Crippen molar-refractivity contribution in [2.24, 2.45) is 11.7 Å². The first kappa shape index (κ1) is 15.1. The number of hydrogen-bond donors (Lipinski definition) is 1. The molecular formula is C19H25NO2. The second-order valence-corrected chi connectivity index (χ2v) is 6.48. The van der Waals surface area contributed by atoms with Gasteiger partial charge in [0.15, 0.2) is 0 Å². The van der Waals surface area contributed by atoms with E-state index in [-0.39, 0.29) is 11.8 Å². The van der Waals surface area contributed by atoms with Crippen LogP contribution in [0.2, 0.25) is 0 Å². The van der Waals surface area contributed by atoms with Gasteiger partial charge in [0, 0.05) is 11.5 Å². The maximum absolute atomic E-state index is 11.5. The Morgan fingerprint density at radius 3 is 2.95 bits per heavy atom. The first-order chi connectivity index (χ1) is 10.7. The van der Waals surface area contributed by atoms with E-state index < -0.39 is 0 Å². The van der Waals surface area contributed by atoms with E-state index in [1.165, 1.54) is 16.0 Å². The quantitative estimate of drug-likeness (QED) is 0.875. The maximum Gasteiger partial charge on any atom is 0.220 e. The first-order valence-corrected chi connectivity index (χ1v) is 8.34. The number of hydrogen-bond acceptors (Lipinski definition) is 2. The van der Waals surface area contributed by atoms with E-state index in [1.54, 1.807) is 12.7 Å². The van der Waals surface area contributed by atoms with Crippen molar-refractivity contribution in [3.05, 3.63) is 28.1 Å². The van der Waals surface area contributed by atoms with Gasteiger partial charge in [-0.3, -0.25) is 4.79 Å². The minimum atomic E-state index is -0.164. The van der Waals surface area contributed by atoms with Crippen molar-refractivity contribution in [2.45, 2.75) is 51.4 Å². The highest BCUT2D eigenvalue weighted by atomic mass is 16.5. The Kier molecular flexibility index (Phi) is 4.23. The van der Waals surface area contributed by atoms with Gasteiger partial charge in [0.25, 0.3) is 0 Å². The summed E-state index contributed by atoms with van der Waals surface area (Å²) in [6.45, 7) is 2.04. The summed E-state index contributed by atoms with van der Waals surface area (Å²) < 4.78 is 5.62. The van der Waals surface area contributed by atoms with Crippen molar-refractivity contribution in [2.75, 3.05) is 7.11 Å². The van der Waals surface area contributed by atoms with Crippen LogP contribution >= 0.6 is 0 Å². The fraction of sp³-hybridized carbons (Fsp3) is 0.526. The number of ether oxygens (including phenoxy) is 1. The fourth-order valence-corrected chi connectivity index (χ4v) is 4.09. The molecule has 0 spiro atoms. The lowest BCUT2D eigenvalue weighted by Crippen LogP contribution is -2.30. The van der Waals surface area contributed by atoms with Gasteiger partial charge in [-0.15, -0.1) is 0 Å². The predicted octanol–water partition coefficient (Wildman–Crippen LogP) is 2.20. The number of nitrogens with two attached hydrogens (primary N) is 1. The molecule has 2 unspecified atom stereocenters. The van der Waals surface area contributed by atoms with Crippen molar-refractivity contribution >= 4 is 17.6 Å². The van der Waals surface area contributed by atoms with Crippen molar-refractivity contribution in [3.63, 3.8) is 0 Å². The lowest BCUT2D eigenvalue weighted by atomic mass is 9.88. The van der Waals surface area contributed by atoms with Crippen LogP contribution < -0.4 is 20.9 Å². The van der Waals surface area contributed by atoms with Crippen LogP contribution in [-0.4, -0.2) is 13.0 Å². The topological polar surface area (TPSA) is 52.3 Å². The van der Waals surface area contributed by atoms with E-state index in [0.717, 1.165) is 44.3 Å². The number of rotatable bonds is 6. The molecule has 0 fully saturated rings. The first-order valence-electron chi connectivity index (χ1n) is 8.34. The summed E-state index contributed by atoms with van der Waals surface area (Å²) in [7, 11) is 1.75. The molecule has 0 heterocycles. The molecule has 0 saturated carbocycles.